The number of ether oxygens (including phenoxy) is 1. The molecule has 7 nitrogen and oxygen atoms in total. The molecule has 0 atom stereocenters. The second-order valence-corrected chi connectivity index (χ2v) is 5.22. The molecule has 1 aromatic carbocycles. The van der Waals surface area contributed by atoms with Crippen LogP contribution in [0.2, 0.25) is 0 Å². The molecule has 3 N–H and O–H groups in total. The van der Waals surface area contributed by atoms with Gasteiger partial charge in [0.25, 0.3) is 0 Å². The third kappa shape index (κ3) is 11.8. The maximum atomic E-state index is 11.1. The summed E-state index contributed by atoms with van der Waals surface area (Å²) in [7, 11) is 6.16. The van der Waals surface area contributed by atoms with Crippen molar-refractivity contribution in [2.24, 2.45) is 0 Å². The van der Waals surface area contributed by atoms with Gasteiger partial charge in [0.15, 0.2) is 6.61 Å². The number of carboxylic acids is 1. The van der Waals surface area contributed by atoms with Gasteiger partial charge in [-0.25, -0.2) is 9.59 Å². The largest absolute Gasteiger partial charge is 2.00 e. The van der Waals surface area contributed by atoms with E-state index in [0.29, 0.717) is 0 Å². The number of aliphatic carboxylic acids is 1. The van der Waals surface area contributed by atoms with Gasteiger partial charge in [-0.05, 0) is 12.1 Å². The number of aliphatic hydroxyl groups excluding tert-OH is 1. The third-order valence-electron chi connectivity index (χ3n) is 2.22. The van der Waals surface area contributed by atoms with Crippen LogP contribution in [-0.2, 0) is 9.53 Å². The number of aliphatic hydroxyl groups is 1. The fourth-order valence-corrected chi connectivity index (χ4v) is 1.15. The Morgan fingerprint density at radius 2 is 1.73 bits per heavy atom. The molecule has 0 fully saturated rings. The van der Waals surface area contributed by atoms with Crippen LogP contribution in [0.15, 0.2) is 24.3 Å². The molecular weight excluding hydrogens is 318 g/mol. The predicted octanol–water partition coefficient (Wildman–Crippen LogP) is -0.0623. The van der Waals surface area contributed by atoms with Gasteiger partial charge in [0, 0.05) is 0 Å². The van der Waals surface area contributed by atoms with E-state index in [-0.39, 0.29) is 55.7 Å². The minimum absolute atomic E-state index is 0. The zero-order chi connectivity index (χ0) is 16.5. The van der Waals surface area contributed by atoms with Crippen molar-refractivity contribution < 1.29 is 34.1 Å². The molecule has 118 valence electrons. The van der Waals surface area contributed by atoms with Crippen LogP contribution in [0.5, 0.6) is 5.75 Å². The number of hydrogen-bond donors (Lipinski definition) is 3. The Kier molecular flexibility index (Phi) is 12.4. The van der Waals surface area contributed by atoms with Crippen molar-refractivity contribution in [1.29, 1.82) is 0 Å². The summed E-state index contributed by atoms with van der Waals surface area (Å²) in [5, 5.41) is 25.8. The van der Waals surface area contributed by atoms with Gasteiger partial charge < -0.3 is 24.5 Å². The predicted molar refractivity (Wildman–Crippen MR) is 81.8 cm³/mol. The second kappa shape index (κ2) is 11.7. The van der Waals surface area contributed by atoms with Crippen molar-refractivity contribution in [2.75, 3.05) is 40.9 Å². The summed E-state index contributed by atoms with van der Waals surface area (Å²) in [4.78, 5) is 21.2. The molecule has 0 spiro atoms. The summed E-state index contributed by atoms with van der Waals surface area (Å²) in [5.41, 5.74) is -0.0475. The van der Waals surface area contributed by atoms with E-state index in [4.69, 9.17) is 10.2 Å². The van der Waals surface area contributed by atoms with E-state index in [1.165, 1.54) is 18.2 Å². The summed E-state index contributed by atoms with van der Waals surface area (Å²) in [6, 6.07) is 5.75. The van der Waals surface area contributed by atoms with Crippen molar-refractivity contribution in [2.45, 2.75) is 0 Å². The number of phenolic OH excluding ortho intramolecular Hbond substituents is 1. The molecule has 0 aliphatic carbocycles. The topological polar surface area (TPSA) is 104 Å². The summed E-state index contributed by atoms with van der Waals surface area (Å²) in [6.45, 7) is 0.399. The summed E-state index contributed by atoms with van der Waals surface area (Å²) < 4.78 is 5.22. The number of para-hydroxylation sites is 1. The van der Waals surface area contributed by atoms with E-state index in [1.54, 1.807) is 6.07 Å². The van der Waals surface area contributed by atoms with Crippen LogP contribution < -0.4 is 0 Å². The van der Waals surface area contributed by atoms with E-state index >= 15 is 0 Å². The number of nitrogens with zero attached hydrogens (tertiary/aromatic N) is 1. The number of hydrogen-bond acceptors (Lipinski definition) is 5. The van der Waals surface area contributed by atoms with Gasteiger partial charge >= 0.3 is 49.7 Å². The molecule has 0 aromatic heterocycles. The van der Waals surface area contributed by atoms with Gasteiger partial charge in [0.2, 0.25) is 0 Å². The number of aromatic hydroxyl groups is 1. The molecule has 1 aromatic rings. The molecule has 0 bridgehead atoms. The number of carboxylic acid groups (broad SMARTS) is 1. The first-order valence-electron chi connectivity index (χ1n) is 6.25. The Balaban J connectivity index is 0. The molecule has 22 heavy (non-hydrogen) atoms. The molecule has 1 rings (SSSR count). The number of benzene rings is 1. The number of carbonyl (C=O) groups excluding carboxylic acids is 1. The average molecular weight is 340 g/mol. The van der Waals surface area contributed by atoms with Crippen LogP contribution in [0.1, 0.15) is 10.4 Å². The molecule has 0 aliphatic heterocycles. The van der Waals surface area contributed by atoms with E-state index < -0.39 is 18.5 Å². The minimum atomic E-state index is -1.24. The first kappa shape index (κ1) is 23.4. The molecular formula is C14H22CaNO6+3. The van der Waals surface area contributed by atoms with E-state index in [2.05, 4.69) is 25.9 Å². The second-order valence-electron chi connectivity index (χ2n) is 5.22. The number of likely N-dealkylation sites (N-methyl/N-ethyl adjacent to an activating group) is 1. The van der Waals surface area contributed by atoms with E-state index in [9.17, 15) is 14.7 Å². The number of quaternary nitrogens is 1. The Morgan fingerprint density at radius 1 is 1.18 bits per heavy atom. The van der Waals surface area contributed by atoms with Gasteiger partial charge in [-0.2, -0.15) is 0 Å². The quantitative estimate of drug-likeness (QED) is 0.394. The molecule has 0 aliphatic rings. The fraction of sp³-hybridized carbons (Fsp3) is 0.429. The molecule has 0 heterocycles. The number of carbonyl (C=O) groups is 2. The molecule has 0 unspecified atom stereocenters. The average Bonchev–Trinajstić information content (AvgIpc) is 2.36. The number of rotatable bonds is 5. The van der Waals surface area contributed by atoms with Crippen LogP contribution in [-0.4, -0.2) is 110 Å². The Morgan fingerprint density at radius 3 is 2.09 bits per heavy atom. The standard InChI is InChI=1S/C9H8O5.C5H14NO.Ca/c10-7-4-2-1-3-6(7)9(13)14-5-8(11)12;1-6(2,3)4-5-7;/h1-4,10H,5H2,(H,11,12);7H,4-5H2,1-3H3;/q;+1;+2. The number of phenols is 1. The van der Waals surface area contributed by atoms with Crippen molar-refractivity contribution in [3.8, 4) is 5.75 Å². The molecule has 0 saturated heterocycles. The minimum Gasteiger partial charge on any atom is -0.507 e. The maximum Gasteiger partial charge on any atom is 2.00 e. The molecule has 0 amide bonds. The Labute approximate surface area is 159 Å². The number of esters is 1. The first-order valence-corrected chi connectivity index (χ1v) is 6.25. The Bertz CT molecular complexity index is 473. The van der Waals surface area contributed by atoms with Gasteiger partial charge in [0.05, 0.1) is 27.7 Å². The zero-order valence-corrected chi connectivity index (χ0v) is 15.4. The SMILES string of the molecule is C[N+](C)(C)CCO.O=C(O)COC(=O)c1ccccc1O.[Ca+2]. The van der Waals surface area contributed by atoms with Crippen molar-refractivity contribution >= 4 is 49.7 Å². The maximum absolute atomic E-state index is 11.1. The van der Waals surface area contributed by atoms with E-state index in [0.717, 1.165) is 11.0 Å². The summed E-state index contributed by atoms with van der Waals surface area (Å²) >= 11 is 0. The van der Waals surface area contributed by atoms with Crippen LogP contribution in [0.25, 0.3) is 0 Å². The smallest absolute Gasteiger partial charge is 0.507 e. The van der Waals surface area contributed by atoms with Crippen LogP contribution in [0.4, 0.5) is 0 Å². The van der Waals surface area contributed by atoms with Gasteiger partial charge in [-0.1, -0.05) is 12.1 Å². The van der Waals surface area contributed by atoms with Gasteiger partial charge in [0.1, 0.15) is 17.9 Å². The van der Waals surface area contributed by atoms with Crippen molar-refractivity contribution in [1.82, 2.24) is 0 Å². The third-order valence-corrected chi connectivity index (χ3v) is 2.22. The van der Waals surface area contributed by atoms with Crippen molar-refractivity contribution in [3.05, 3.63) is 29.8 Å². The van der Waals surface area contributed by atoms with Crippen LogP contribution in [0.3, 0.4) is 0 Å². The van der Waals surface area contributed by atoms with Crippen LogP contribution >= 0.6 is 0 Å². The normalized spacial score (nSPS) is 9.82. The van der Waals surface area contributed by atoms with Gasteiger partial charge in [-0.3, -0.25) is 0 Å². The summed E-state index contributed by atoms with van der Waals surface area (Å²) in [6.07, 6.45) is 0. The molecule has 0 radical (unpaired) electrons. The summed E-state index contributed by atoms with van der Waals surface area (Å²) in [5.74, 6) is -2.33. The van der Waals surface area contributed by atoms with E-state index in [1.807, 2.05) is 0 Å². The van der Waals surface area contributed by atoms with Crippen LogP contribution in [0, 0.1) is 0 Å². The molecule has 8 heteroatoms. The zero-order valence-electron chi connectivity index (χ0n) is 13.2. The van der Waals surface area contributed by atoms with Gasteiger partial charge in [-0.15, -0.1) is 0 Å². The Hall–Kier alpha value is -0.860. The first-order chi connectivity index (χ1) is 9.67. The van der Waals surface area contributed by atoms with Crippen molar-refractivity contribution in [3.63, 3.8) is 0 Å². The fourth-order valence-electron chi connectivity index (χ4n) is 1.15. The molecule has 0 saturated carbocycles. The monoisotopic (exact) mass is 340 g/mol.